The van der Waals surface area contributed by atoms with E-state index in [1.165, 1.54) is 6.07 Å². The van der Waals surface area contributed by atoms with Crippen LogP contribution in [0.15, 0.2) is 47.5 Å². The Morgan fingerprint density at radius 3 is 2.74 bits per heavy atom. The van der Waals surface area contributed by atoms with Gasteiger partial charge in [0, 0.05) is 11.6 Å². The second-order valence-corrected chi connectivity index (χ2v) is 6.44. The summed E-state index contributed by atoms with van der Waals surface area (Å²) in [6.07, 6.45) is 1.69. The number of aromatic nitrogens is 2. The minimum atomic E-state index is -3.98. The SMILES string of the molecule is NC(=O)c1cc(S(=O)(=O)Nc2ccc3cc[nH]c3n2)ccc1O. The standard InChI is InChI=1S/C14H12N4O4S/c15-13(20)10-7-9(2-3-11(10)19)23(21,22)18-12-4-1-8-5-6-16-14(8)17-12/h1-7,19H,(H2,15,20)(H2,16,17,18). The van der Waals surface area contributed by atoms with Crippen LogP contribution in [0.5, 0.6) is 5.75 Å². The largest absolute Gasteiger partial charge is 0.507 e. The van der Waals surface area contributed by atoms with Gasteiger partial charge in [0.15, 0.2) is 0 Å². The topological polar surface area (TPSA) is 138 Å². The summed E-state index contributed by atoms with van der Waals surface area (Å²) >= 11 is 0. The van der Waals surface area contributed by atoms with Gasteiger partial charge in [0.2, 0.25) is 0 Å². The average Bonchev–Trinajstić information content (AvgIpc) is 2.94. The number of phenols is 1. The first-order valence-electron chi connectivity index (χ1n) is 6.46. The Kier molecular flexibility index (Phi) is 3.41. The zero-order valence-electron chi connectivity index (χ0n) is 11.6. The van der Waals surface area contributed by atoms with Crippen molar-refractivity contribution < 1.29 is 18.3 Å². The molecule has 0 spiro atoms. The number of carbonyl (C=O) groups excluding carboxylic acids is 1. The Balaban J connectivity index is 1.98. The third kappa shape index (κ3) is 2.81. The van der Waals surface area contributed by atoms with Gasteiger partial charge in [0.25, 0.3) is 15.9 Å². The maximum absolute atomic E-state index is 12.4. The van der Waals surface area contributed by atoms with Crippen LogP contribution in [-0.4, -0.2) is 29.4 Å². The molecule has 5 N–H and O–H groups in total. The number of rotatable bonds is 4. The molecule has 0 unspecified atom stereocenters. The average molecular weight is 332 g/mol. The number of aromatic amines is 1. The first-order valence-corrected chi connectivity index (χ1v) is 7.95. The van der Waals surface area contributed by atoms with Crippen molar-refractivity contribution in [1.82, 2.24) is 9.97 Å². The second kappa shape index (κ2) is 5.29. The van der Waals surface area contributed by atoms with Crippen molar-refractivity contribution in [2.45, 2.75) is 4.90 Å². The number of nitrogens with two attached hydrogens (primary N) is 1. The van der Waals surface area contributed by atoms with E-state index in [9.17, 15) is 18.3 Å². The lowest BCUT2D eigenvalue weighted by atomic mass is 10.2. The van der Waals surface area contributed by atoms with Crippen LogP contribution in [0.2, 0.25) is 0 Å². The van der Waals surface area contributed by atoms with Crippen molar-refractivity contribution in [1.29, 1.82) is 0 Å². The number of amides is 1. The van der Waals surface area contributed by atoms with E-state index < -0.39 is 15.9 Å². The highest BCUT2D eigenvalue weighted by atomic mass is 32.2. The van der Waals surface area contributed by atoms with Gasteiger partial charge in [-0.1, -0.05) is 0 Å². The van der Waals surface area contributed by atoms with Gasteiger partial charge in [0.1, 0.15) is 17.2 Å². The lowest BCUT2D eigenvalue weighted by molar-refractivity contribution is 0.0997. The Hall–Kier alpha value is -3.07. The molecule has 0 saturated carbocycles. The summed E-state index contributed by atoms with van der Waals surface area (Å²) in [6, 6.07) is 8.30. The predicted molar refractivity (Wildman–Crippen MR) is 83.5 cm³/mol. The lowest BCUT2D eigenvalue weighted by Crippen LogP contribution is -2.16. The van der Waals surface area contributed by atoms with E-state index >= 15 is 0 Å². The number of nitrogens with zero attached hydrogens (tertiary/aromatic N) is 1. The van der Waals surface area contributed by atoms with Crippen LogP contribution in [-0.2, 0) is 10.0 Å². The summed E-state index contributed by atoms with van der Waals surface area (Å²) in [4.78, 5) is 18.0. The normalized spacial score (nSPS) is 11.5. The third-order valence-corrected chi connectivity index (χ3v) is 4.54. The molecule has 0 fully saturated rings. The number of anilines is 1. The zero-order valence-corrected chi connectivity index (χ0v) is 12.5. The second-order valence-electron chi connectivity index (χ2n) is 4.76. The number of H-pyrrole nitrogens is 1. The fraction of sp³-hybridized carbons (Fsp3) is 0. The number of fused-ring (bicyclic) bond motifs is 1. The summed E-state index contributed by atoms with van der Waals surface area (Å²) in [5.74, 6) is -1.19. The molecule has 0 atom stereocenters. The van der Waals surface area contributed by atoms with Gasteiger partial charge in [0.05, 0.1) is 10.5 Å². The molecule has 8 nitrogen and oxygen atoms in total. The van der Waals surface area contributed by atoms with Crippen LogP contribution in [0.4, 0.5) is 5.82 Å². The quantitative estimate of drug-likeness (QED) is 0.568. The first kappa shape index (κ1) is 14.9. The van der Waals surface area contributed by atoms with Crippen molar-refractivity contribution in [3.05, 3.63) is 48.2 Å². The Bertz CT molecular complexity index is 1010. The first-order chi connectivity index (χ1) is 10.9. The molecule has 0 radical (unpaired) electrons. The molecule has 0 bridgehead atoms. The van der Waals surface area contributed by atoms with Gasteiger partial charge < -0.3 is 15.8 Å². The fourth-order valence-corrected chi connectivity index (χ4v) is 3.09. The molecule has 1 aromatic carbocycles. The molecule has 1 amide bonds. The number of pyridine rings is 1. The molecule has 0 aliphatic heterocycles. The van der Waals surface area contributed by atoms with E-state index in [2.05, 4.69) is 14.7 Å². The van der Waals surface area contributed by atoms with Crippen LogP contribution < -0.4 is 10.5 Å². The van der Waals surface area contributed by atoms with Crippen LogP contribution in [0.1, 0.15) is 10.4 Å². The van der Waals surface area contributed by atoms with E-state index in [-0.39, 0.29) is 22.0 Å². The fourth-order valence-electron chi connectivity index (χ4n) is 2.06. The monoisotopic (exact) mass is 332 g/mol. The number of hydrogen-bond donors (Lipinski definition) is 4. The number of benzene rings is 1. The van der Waals surface area contributed by atoms with Gasteiger partial charge >= 0.3 is 0 Å². The molecule has 0 aliphatic rings. The van der Waals surface area contributed by atoms with E-state index in [4.69, 9.17) is 5.73 Å². The lowest BCUT2D eigenvalue weighted by Gasteiger charge is -2.09. The summed E-state index contributed by atoms with van der Waals surface area (Å²) < 4.78 is 27.0. The number of nitrogens with one attached hydrogen (secondary N) is 2. The van der Waals surface area contributed by atoms with Crippen LogP contribution in [0.25, 0.3) is 11.0 Å². The highest BCUT2D eigenvalue weighted by molar-refractivity contribution is 7.92. The molecular weight excluding hydrogens is 320 g/mol. The van der Waals surface area contributed by atoms with Gasteiger partial charge in [-0.05, 0) is 36.4 Å². The van der Waals surface area contributed by atoms with E-state index in [0.717, 1.165) is 23.6 Å². The summed E-state index contributed by atoms with van der Waals surface area (Å²) in [6.45, 7) is 0. The van der Waals surface area contributed by atoms with Crippen molar-refractivity contribution in [3.8, 4) is 5.75 Å². The summed E-state index contributed by atoms with van der Waals surface area (Å²) in [5.41, 5.74) is 5.36. The van der Waals surface area contributed by atoms with E-state index in [0.29, 0.717) is 5.65 Å². The van der Waals surface area contributed by atoms with Crippen molar-refractivity contribution in [2.75, 3.05) is 4.72 Å². The van der Waals surface area contributed by atoms with Crippen LogP contribution in [0, 0.1) is 0 Å². The molecule has 9 heteroatoms. The van der Waals surface area contributed by atoms with Crippen molar-refractivity contribution in [3.63, 3.8) is 0 Å². The zero-order chi connectivity index (χ0) is 16.6. The highest BCUT2D eigenvalue weighted by Gasteiger charge is 2.19. The number of primary amides is 1. The highest BCUT2D eigenvalue weighted by Crippen LogP contribution is 2.23. The van der Waals surface area contributed by atoms with E-state index in [1.807, 2.05) is 0 Å². The van der Waals surface area contributed by atoms with Crippen LogP contribution in [0.3, 0.4) is 0 Å². The molecule has 3 aromatic rings. The molecule has 2 heterocycles. The van der Waals surface area contributed by atoms with Gasteiger partial charge in [-0.3, -0.25) is 9.52 Å². The molecule has 23 heavy (non-hydrogen) atoms. The van der Waals surface area contributed by atoms with Gasteiger partial charge in [-0.15, -0.1) is 0 Å². The molecule has 118 valence electrons. The van der Waals surface area contributed by atoms with Crippen molar-refractivity contribution in [2.24, 2.45) is 5.73 Å². The Morgan fingerprint density at radius 2 is 2.00 bits per heavy atom. The smallest absolute Gasteiger partial charge is 0.263 e. The summed E-state index contributed by atoms with van der Waals surface area (Å²) in [5, 5.41) is 10.4. The van der Waals surface area contributed by atoms with Crippen molar-refractivity contribution >= 4 is 32.8 Å². The molecule has 0 aliphatic carbocycles. The number of aromatic hydroxyl groups is 1. The maximum Gasteiger partial charge on any atom is 0.263 e. The molecule has 2 aromatic heterocycles. The molecule has 0 saturated heterocycles. The number of hydrogen-bond acceptors (Lipinski definition) is 5. The minimum Gasteiger partial charge on any atom is -0.507 e. The number of sulfonamides is 1. The Labute approximate surface area is 131 Å². The minimum absolute atomic E-state index is 0.119. The summed E-state index contributed by atoms with van der Waals surface area (Å²) in [7, 11) is -3.98. The molecule has 3 rings (SSSR count). The van der Waals surface area contributed by atoms with Crippen LogP contribution >= 0.6 is 0 Å². The Morgan fingerprint density at radius 1 is 1.22 bits per heavy atom. The number of carbonyl (C=O) groups is 1. The van der Waals surface area contributed by atoms with Gasteiger partial charge in [-0.25, -0.2) is 13.4 Å². The van der Waals surface area contributed by atoms with E-state index in [1.54, 1.807) is 18.3 Å². The molecular formula is C14H12N4O4S. The van der Waals surface area contributed by atoms with Gasteiger partial charge in [-0.2, -0.15) is 0 Å². The predicted octanol–water partition coefficient (Wildman–Crippen LogP) is 1.17. The third-order valence-electron chi connectivity index (χ3n) is 3.19. The maximum atomic E-state index is 12.4.